The molecule has 0 aromatic rings. The van der Waals surface area contributed by atoms with Crippen LogP contribution in [0.4, 0.5) is 0 Å². The highest BCUT2D eigenvalue weighted by atomic mass is 16.1. The number of rotatable bonds is 0. The molecule has 12 heavy (non-hydrogen) atoms. The van der Waals surface area contributed by atoms with Gasteiger partial charge in [-0.25, -0.2) is 0 Å². The molecule has 4 aliphatic rings. The number of hydrogen-bond donors (Lipinski definition) is 1. The molecule has 0 aromatic heterocycles. The zero-order chi connectivity index (χ0) is 8.13. The quantitative estimate of drug-likeness (QED) is 0.576. The maximum Gasteiger partial charge on any atom is 0.136 e. The highest BCUT2D eigenvalue weighted by Gasteiger charge is 2.49. The van der Waals surface area contributed by atoms with Crippen molar-refractivity contribution in [3.63, 3.8) is 0 Å². The van der Waals surface area contributed by atoms with Gasteiger partial charge in [0.25, 0.3) is 0 Å². The average molecular weight is 165 g/mol. The Hall–Kier alpha value is -0.370. The molecule has 0 spiro atoms. The Balaban J connectivity index is 1.94. The van der Waals surface area contributed by atoms with Gasteiger partial charge in [-0.15, -0.1) is 0 Å². The second kappa shape index (κ2) is 2.32. The van der Waals surface area contributed by atoms with Crippen LogP contribution in [0.5, 0.6) is 0 Å². The van der Waals surface area contributed by atoms with Gasteiger partial charge in [0.1, 0.15) is 5.78 Å². The first-order chi connectivity index (χ1) is 5.86. The standard InChI is InChI=1S/C10H15NO/c12-10-3-6-1-2-7(10)9-5-11-4-8(6)9/h6-9,11H,1-5H2. The molecule has 1 saturated heterocycles. The molecule has 4 fully saturated rings. The van der Waals surface area contributed by atoms with Crippen LogP contribution in [0.2, 0.25) is 0 Å². The minimum absolute atomic E-state index is 0.440. The number of hydrogen-bond acceptors (Lipinski definition) is 2. The minimum atomic E-state index is 0.440. The third-order valence-electron chi connectivity index (χ3n) is 4.16. The van der Waals surface area contributed by atoms with Crippen LogP contribution in [-0.2, 0) is 4.79 Å². The molecule has 66 valence electrons. The molecule has 1 heterocycles. The maximum atomic E-state index is 11.6. The molecule has 3 saturated carbocycles. The first-order valence-electron chi connectivity index (χ1n) is 5.09. The molecule has 1 N–H and O–H groups in total. The minimum Gasteiger partial charge on any atom is -0.316 e. The fourth-order valence-corrected chi connectivity index (χ4v) is 3.56. The van der Waals surface area contributed by atoms with Crippen LogP contribution in [0.15, 0.2) is 0 Å². The molecule has 4 atom stereocenters. The zero-order valence-electron chi connectivity index (χ0n) is 7.25. The van der Waals surface area contributed by atoms with Gasteiger partial charge in [-0.05, 0) is 43.7 Å². The summed E-state index contributed by atoms with van der Waals surface area (Å²) in [6.45, 7) is 2.29. The lowest BCUT2D eigenvalue weighted by Gasteiger charge is -2.43. The van der Waals surface area contributed by atoms with Gasteiger partial charge in [-0.2, -0.15) is 0 Å². The van der Waals surface area contributed by atoms with E-state index < -0.39 is 0 Å². The van der Waals surface area contributed by atoms with Gasteiger partial charge in [0, 0.05) is 12.3 Å². The van der Waals surface area contributed by atoms with E-state index in [0.29, 0.717) is 17.6 Å². The molecule has 4 rings (SSSR count). The van der Waals surface area contributed by atoms with E-state index in [0.717, 1.165) is 24.8 Å². The Morgan fingerprint density at radius 3 is 2.83 bits per heavy atom. The molecule has 0 radical (unpaired) electrons. The van der Waals surface area contributed by atoms with Crippen molar-refractivity contribution >= 4 is 5.78 Å². The average Bonchev–Trinajstić information content (AvgIpc) is 2.53. The monoisotopic (exact) mass is 165 g/mol. The molecule has 0 amide bonds. The summed E-state index contributed by atoms with van der Waals surface area (Å²) >= 11 is 0. The molecule has 2 heteroatoms. The Morgan fingerprint density at radius 1 is 1.17 bits per heavy atom. The maximum absolute atomic E-state index is 11.6. The Kier molecular flexibility index (Phi) is 1.37. The fourth-order valence-electron chi connectivity index (χ4n) is 3.56. The summed E-state index contributed by atoms with van der Waals surface area (Å²) in [7, 11) is 0. The zero-order valence-corrected chi connectivity index (χ0v) is 7.25. The van der Waals surface area contributed by atoms with Crippen molar-refractivity contribution in [3.05, 3.63) is 0 Å². The van der Waals surface area contributed by atoms with Gasteiger partial charge >= 0.3 is 0 Å². The van der Waals surface area contributed by atoms with E-state index in [4.69, 9.17) is 0 Å². The van der Waals surface area contributed by atoms with E-state index in [9.17, 15) is 4.79 Å². The number of carbonyl (C=O) groups is 1. The molecule has 4 unspecified atom stereocenters. The summed E-state index contributed by atoms with van der Waals surface area (Å²) in [5.74, 6) is 3.31. The van der Waals surface area contributed by atoms with Gasteiger partial charge < -0.3 is 5.32 Å². The molecular formula is C10H15NO. The predicted molar refractivity (Wildman–Crippen MR) is 45.7 cm³/mol. The molecule has 3 aliphatic carbocycles. The van der Waals surface area contributed by atoms with Crippen LogP contribution in [0.25, 0.3) is 0 Å². The smallest absolute Gasteiger partial charge is 0.136 e. The van der Waals surface area contributed by atoms with Crippen LogP contribution >= 0.6 is 0 Å². The normalized spacial score (nSPS) is 51.2. The van der Waals surface area contributed by atoms with Crippen LogP contribution in [0, 0.1) is 23.7 Å². The summed E-state index contributed by atoms with van der Waals surface area (Å²) in [4.78, 5) is 11.6. The van der Waals surface area contributed by atoms with Crippen molar-refractivity contribution in [3.8, 4) is 0 Å². The highest BCUT2D eigenvalue weighted by Crippen LogP contribution is 2.48. The van der Waals surface area contributed by atoms with E-state index in [2.05, 4.69) is 5.32 Å². The number of ketones is 1. The molecule has 2 nitrogen and oxygen atoms in total. The lowest BCUT2D eigenvalue weighted by Crippen LogP contribution is -2.44. The number of carbonyl (C=O) groups excluding carboxylic acids is 1. The van der Waals surface area contributed by atoms with E-state index in [-0.39, 0.29) is 0 Å². The molecular weight excluding hydrogens is 150 g/mol. The SMILES string of the molecule is O=C1CC2CCC1C1CNCC21. The van der Waals surface area contributed by atoms with Crippen molar-refractivity contribution < 1.29 is 4.79 Å². The summed E-state index contributed by atoms with van der Waals surface area (Å²) in [5.41, 5.74) is 0. The summed E-state index contributed by atoms with van der Waals surface area (Å²) < 4.78 is 0. The Morgan fingerprint density at radius 2 is 2.00 bits per heavy atom. The van der Waals surface area contributed by atoms with Gasteiger partial charge in [0.05, 0.1) is 0 Å². The van der Waals surface area contributed by atoms with E-state index >= 15 is 0 Å². The first kappa shape index (κ1) is 7.07. The van der Waals surface area contributed by atoms with Crippen molar-refractivity contribution in [2.75, 3.05) is 13.1 Å². The third-order valence-corrected chi connectivity index (χ3v) is 4.16. The number of Topliss-reactive ketones (excluding diaryl/α,β-unsaturated/α-hetero) is 1. The van der Waals surface area contributed by atoms with E-state index in [1.807, 2.05) is 0 Å². The highest BCUT2D eigenvalue weighted by molar-refractivity contribution is 5.83. The molecule has 2 bridgehead atoms. The van der Waals surface area contributed by atoms with Gasteiger partial charge in [-0.1, -0.05) is 0 Å². The molecule has 1 aliphatic heterocycles. The second-order valence-corrected chi connectivity index (χ2v) is 4.60. The number of nitrogens with one attached hydrogen (secondary N) is 1. The lowest BCUT2D eigenvalue weighted by atomic mass is 9.59. The van der Waals surface area contributed by atoms with Gasteiger partial charge in [-0.3, -0.25) is 4.79 Å². The lowest BCUT2D eigenvalue weighted by molar-refractivity contribution is -0.134. The van der Waals surface area contributed by atoms with Crippen LogP contribution in [-0.4, -0.2) is 18.9 Å². The van der Waals surface area contributed by atoms with Gasteiger partial charge in [0.2, 0.25) is 0 Å². The predicted octanol–water partition coefficient (Wildman–Crippen LogP) is 0.821. The fraction of sp³-hybridized carbons (Fsp3) is 0.900. The van der Waals surface area contributed by atoms with E-state index in [1.54, 1.807) is 0 Å². The largest absolute Gasteiger partial charge is 0.316 e. The summed E-state index contributed by atoms with van der Waals surface area (Å²) in [6.07, 6.45) is 3.40. The van der Waals surface area contributed by atoms with Crippen LogP contribution in [0.3, 0.4) is 0 Å². The van der Waals surface area contributed by atoms with Crippen molar-refractivity contribution in [2.24, 2.45) is 23.7 Å². The third kappa shape index (κ3) is 0.764. The Bertz CT molecular complexity index is 226. The molecule has 0 aromatic carbocycles. The van der Waals surface area contributed by atoms with E-state index in [1.165, 1.54) is 19.4 Å². The topological polar surface area (TPSA) is 29.1 Å². The van der Waals surface area contributed by atoms with Crippen molar-refractivity contribution in [2.45, 2.75) is 19.3 Å². The van der Waals surface area contributed by atoms with Crippen molar-refractivity contribution in [1.29, 1.82) is 0 Å². The van der Waals surface area contributed by atoms with Crippen molar-refractivity contribution in [1.82, 2.24) is 5.32 Å². The first-order valence-corrected chi connectivity index (χ1v) is 5.09. The summed E-state index contributed by atoms with van der Waals surface area (Å²) in [5, 5.41) is 3.43. The van der Waals surface area contributed by atoms with Gasteiger partial charge in [0.15, 0.2) is 0 Å². The Labute approximate surface area is 72.7 Å². The number of fused-ring (bicyclic) bond motifs is 2. The van der Waals surface area contributed by atoms with Crippen LogP contribution in [0.1, 0.15) is 19.3 Å². The van der Waals surface area contributed by atoms with Crippen LogP contribution < -0.4 is 5.32 Å². The second-order valence-electron chi connectivity index (χ2n) is 4.60. The summed E-state index contributed by atoms with van der Waals surface area (Å²) in [6, 6.07) is 0.